The fourth-order valence-corrected chi connectivity index (χ4v) is 3.55. The van der Waals surface area contributed by atoms with Crippen LogP contribution in [0.2, 0.25) is 0 Å². The summed E-state index contributed by atoms with van der Waals surface area (Å²) in [6.07, 6.45) is 3.37. The first-order chi connectivity index (χ1) is 12.5. The quantitative estimate of drug-likeness (QED) is 0.371. The van der Waals surface area contributed by atoms with Crippen molar-refractivity contribution in [1.29, 1.82) is 0 Å². The van der Waals surface area contributed by atoms with Crippen LogP contribution in [0.1, 0.15) is 32.1 Å². The zero-order valence-corrected chi connectivity index (χ0v) is 14.5. The zero-order chi connectivity index (χ0) is 18.7. The van der Waals surface area contributed by atoms with Gasteiger partial charge in [0, 0.05) is 0 Å². The van der Waals surface area contributed by atoms with E-state index in [0.717, 1.165) is 25.7 Å². The van der Waals surface area contributed by atoms with Crippen LogP contribution in [0.5, 0.6) is 0 Å². The van der Waals surface area contributed by atoms with Crippen molar-refractivity contribution in [2.75, 3.05) is 18.9 Å². The van der Waals surface area contributed by atoms with Crippen LogP contribution in [0.3, 0.4) is 0 Å². The second-order valence-corrected chi connectivity index (χ2v) is 6.62. The summed E-state index contributed by atoms with van der Waals surface area (Å²) < 4.78 is 7.56. The van der Waals surface area contributed by atoms with Gasteiger partial charge in [0.15, 0.2) is 17.2 Å². The van der Waals surface area contributed by atoms with E-state index in [0.29, 0.717) is 24.1 Å². The standard InChI is InChI=1S/C16H26N6O4/c17-6-4-2-1-3-5-16(13(25)12(24)10(7-23)26-16)22-9-21-11-14(18)19-8-20-15(11)22/h8-10,12-13,23-25H,1-7,17H2,(H2,18,19,20)/t10-,12-,13-,16-/m1/s1. The van der Waals surface area contributed by atoms with Crippen LogP contribution >= 0.6 is 0 Å². The molecule has 10 nitrogen and oxygen atoms in total. The van der Waals surface area contributed by atoms with Gasteiger partial charge in [0.2, 0.25) is 0 Å². The molecule has 1 aliphatic heterocycles. The van der Waals surface area contributed by atoms with Gasteiger partial charge in [-0.05, 0) is 25.8 Å². The molecule has 3 heterocycles. The van der Waals surface area contributed by atoms with Gasteiger partial charge < -0.3 is 31.5 Å². The summed E-state index contributed by atoms with van der Waals surface area (Å²) in [6.45, 7) is 0.231. The van der Waals surface area contributed by atoms with Gasteiger partial charge >= 0.3 is 0 Å². The number of nitrogens with two attached hydrogens (primary N) is 2. The van der Waals surface area contributed by atoms with Crippen molar-refractivity contribution in [3.63, 3.8) is 0 Å². The number of rotatable bonds is 8. The van der Waals surface area contributed by atoms with Crippen molar-refractivity contribution in [2.24, 2.45) is 5.73 Å². The molecule has 0 aromatic carbocycles. The maximum absolute atomic E-state index is 10.8. The van der Waals surface area contributed by atoms with Crippen LogP contribution in [0.15, 0.2) is 12.7 Å². The Bertz CT molecular complexity index is 741. The fourth-order valence-electron chi connectivity index (χ4n) is 3.55. The Morgan fingerprint density at radius 2 is 1.92 bits per heavy atom. The van der Waals surface area contributed by atoms with Gasteiger partial charge in [0.05, 0.1) is 12.9 Å². The van der Waals surface area contributed by atoms with Crippen LogP contribution < -0.4 is 11.5 Å². The second kappa shape index (κ2) is 7.80. The predicted octanol–water partition coefficient (Wildman–Crippen LogP) is -0.917. The van der Waals surface area contributed by atoms with Crippen LogP contribution in [0.4, 0.5) is 5.82 Å². The Morgan fingerprint density at radius 1 is 1.15 bits per heavy atom. The molecular formula is C16H26N6O4. The first-order valence-corrected chi connectivity index (χ1v) is 8.84. The van der Waals surface area contributed by atoms with Crippen molar-refractivity contribution in [1.82, 2.24) is 19.5 Å². The third-order valence-corrected chi connectivity index (χ3v) is 4.96. The highest BCUT2D eigenvalue weighted by Crippen LogP contribution is 2.41. The van der Waals surface area contributed by atoms with Crippen molar-refractivity contribution < 1.29 is 20.1 Å². The Hall–Kier alpha value is -1.85. The minimum absolute atomic E-state index is 0.221. The molecule has 3 rings (SSSR count). The first kappa shape index (κ1) is 18.9. The first-order valence-electron chi connectivity index (χ1n) is 8.84. The monoisotopic (exact) mass is 366 g/mol. The molecule has 2 aromatic heterocycles. The van der Waals surface area contributed by atoms with Crippen molar-refractivity contribution in [2.45, 2.75) is 56.1 Å². The van der Waals surface area contributed by atoms with Crippen molar-refractivity contribution in [3.05, 3.63) is 12.7 Å². The molecule has 0 spiro atoms. The summed E-state index contributed by atoms with van der Waals surface area (Å²) in [5.74, 6) is 0.221. The zero-order valence-electron chi connectivity index (χ0n) is 14.5. The molecule has 0 bridgehead atoms. The number of nitrogen functional groups attached to an aromatic ring is 1. The van der Waals surface area contributed by atoms with Crippen molar-refractivity contribution in [3.8, 4) is 0 Å². The molecule has 2 aromatic rings. The number of aliphatic hydroxyl groups is 3. The topological polar surface area (TPSA) is 166 Å². The molecule has 10 heteroatoms. The molecule has 7 N–H and O–H groups in total. The molecule has 0 unspecified atom stereocenters. The molecule has 0 amide bonds. The average molecular weight is 366 g/mol. The third kappa shape index (κ3) is 3.14. The van der Waals surface area contributed by atoms with Crippen LogP contribution in [0, 0.1) is 0 Å². The number of ether oxygens (including phenoxy) is 1. The van der Waals surface area contributed by atoms with Gasteiger partial charge in [-0.25, -0.2) is 15.0 Å². The van der Waals surface area contributed by atoms with E-state index in [1.807, 2.05) is 0 Å². The second-order valence-electron chi connectivity index (χ2n) is 6.62. The number of anilines is 1. The minimum atomic E-state index is -1.29. The normalized spacial score (nSPS) is 28.8. The summed E-state index contributed by atoms with van der Waals surface area (Å²) in [4.78, 5) is 12.4. The molecule has 26 heavy (non-hydrogen) atoms. The smallest absolute Gasteiger partial charge is 0.176 e. The Kier molecular flexibility index (Phi) is 5.68. The summed E-state index contributed by atoms with van der Waals surface area (Å²) in [7, 11) is 0. The number of nitrogens with zero attached hydrogens (tertiary/aromatic N) is 4. The number of aromatic nitrogens is 4. The van der Waals surface area contributed by atoms with E-state index >= 15 is 0 Å². The molecular weight excluding hydrogens is 340 g/mol. The molecule has 1 fully saturated rings. The lowest BCUT2D eigenvalue weighted by atomic mass is 9.96. The Balaban J connectivity index is 1.96. The van der Waals surface area contributed by atoms with Gasteiger partial charge in [-0.3, -0.25) is 4.57 Å². The number of aliphatic hydroxyl groups excluding tert-OH is 3. The van der Waals surface area contributed by atoms with E-state index < -0.39 is 30.6 Å². The summed E-state index contributed by atoms with van der Waals surface area (Å²) in [6, 6.07) is 0. The van der Waals surface area contributed by atoms with E-state index in [1.54, 1.807) is 4.57 Å². The summed E-state index contributed by atoms with van der Waals surface area (Å²) >= 11 is 0. The molecule has 144 valence electrons. The fraction of sp³-hybridized carbons (Fsp3) is 0.688. The largest absolute Gasteiger partial charge is 0.394 e. The van der Waals surface area contributed by atoms with Crippen LogP contribution in [-0.2, 0) is 10.5 Å². The maximum Gasteiger partial charge on any atom is 0.176 e. The van der Waals surface area contributed by atoms with E-state index in [4.69, 9.17) is 16.2 Å². The minimum Gasteiger partial charge on any atom is -0.394 e. The third-order valence-electron chi connectivity index (χ3n) is 4.96. The number of unbranched alkanes of at least 4 members (excludes halogenated alkanes) is 3. The van der Waals surface area contributed by atoms with E-state index in [-0.39, 0.29) is 5.82 Å². The molecule has 1 saturated heterocycles. The SMILES string of the molecule is NCCCCCC[C@@]1(n2cnc3c(N)ncnc32)O[C@H](CO)[C@@H](O)[C@H]1O. The molecule has 1 aliphatic rings. The number of imidazole rings is 1. The van der Waals surface area contributed by atoms with E-state index in [2.05, 4.69) is 15.0 Å². The number of hydrogen-bond donors (Lipinski definition) is 5. The highest BCUT2D eigenvalue weighted by molar-refractivity contribution is 5.81. The van der Waals surface area contributed by atoms with E-state index in [1.165, 1.54) is 12.7 Å². The molecule has 0 aliphatic carbocycles. The van der Waals surface area contributed by atoms with E-state index in [9.17, 15) is 15.3 Å². The summed E-state index contributed by atoms with van der Waals surface area (Å²) in [5, 5.41) is 30.6. The van der Waals surface area contributed by atoms with Crippen LogP contribution in [0.25, 0.3) is 11.2 Å². The highest BCUT2D eigenvalue weighted by Gasteiger charge is 2.55. The Morgan fingerprint density at radius 3 is 2.62 bits per heavy atom. The number of hydrogen-bond acceptors (Lipinski definition) is 9. The predicted molar refractivity (Wildman–Crippen MR) is 93.8 cm³/mol. The average Bonchev–Trinajstić information content (AvgIpc) is 3.18. The van der Waals surface area contributed by atoms with Crippen molar-refractivity contribution >= 4 is 17.0 Å². The molecule has 0 radical (unpaired) electrons. The summed E-state index contributed by atoms with van der Waals surface area (Å²) in [5.41, 5.74) is 10.9. The molecule has 0 saturated carbocycles. The van der Waals surface area contributed by atoms with Gasteiger partial charge in [-0.2, -0.15) is 0 Å². The lowest BCUT2D eigenvalue weighted by Gasteiger charge is -2.34. The van der Waals surface area contributed by atoms with Gasteiger partial charge in [0.25, 0.3) is 0 Å². The Labute approximate surface area is 150 Å². The maximum atomic E-state index is 10.8. The van der Waals surface area contributed by atoms with Gasteiger partial charge in [-0.15, -0.1) is 0 Å². The highest BCUT2D eigenvalue weighted by atomic mass is 16.6. The van der Waals surface area contributed by atoms with Gasteiger partial charge in [-0.1, -0.05) is 12.8 Å². The lowest BCUT2D eigenvalue weighted by Crippen LogP contribution is -2.45. The number of fused-ring (bicyclic) bond motifs is 1. The van der Waals surface area contributed by atoms with Gasteiger partial charge in [0.1, 0.15) is 30.2 Å². The van der Waals surface area contributed by atoms with Crippen LogP contribution in [-0.4, -0.2) is 66.3 Å². The lowest BCUT2D eigenvalue weighted by molar-refractivity contribution is -0.151. The molecule has 4 atom stereocenters.